The van der Waals surface area contributed by atoms with Crippen LogP contribution in [0.1, 0.15) is 32.6 Å². The summed E-state index contributed by atoms with van der Waals surface area (Å²) in [5.74, 6) is 3.27. The molecule has 1 aliphatic heterocycles. The second kappa shape index (κ2) is 7.74. The summed E-state index contributed by atoms with van der Waals surface area (Å²) >= 11 is 3.43. The topological polar surface area (TPSA) is 9.23 Å². The summed E-state index contributed by atoms with van der Waals surface area (Å²) < 4.78 is 5.94. The van der Waals surface area contributed by atoms with E-state index < -0.39 is 0 Å². The van der Waals surface area contributed by atoms with Crippen LogP contribution >= 0.6 is 15.9 Å². The number of allylic oxidation sites excluding steroid dienone is 1. The Morgan fingerprint density at radius 2 is 2.47 bits per heavy atom. The fourth-order valence-corrected chi connectivity index (χ4v) is 2.42. The van der Waals surface area contributed by atoms with Crippen molar-refractivity contribution in [2.24, 2.45) is 5.92 Å². The van der Waals surface area contributed by atoms with Gasteiger partial charge in [0.1, 0.15) is 0 Å². The third kappa shape index (κ3) is 5.57. The van der Waals surface area contributed by atoms with Gasteiger partial charge in [0.15, 0.2) is 0 Å². The van der Waals surface area contributed by atoms with Gasteiger partial charge in [-0.25, -0.2) is 0 Å². The van der Waals surface area contributed by atoms with Crippen LogP contribution in [0.3, 0.4) is 0 Å². The summed E-state index contributed by atoms with van der Waals surface area (Å²) in [6.45, 7) is 6.28. The van der Waals surface area contributed by atoms with Crippen LogP contribution in [0.4, 0.5) is 0 Å². The first-order valence-corrected chi connectivity index (χ1v) is 7.26. The van der Waals surface area contributed by atoms with Gasteiger partial charge in [-0.1, -0.05) is 47.2 Å². The molecule has 0 amide bonds. The van der Waals surface area contributed by atoms with E-state index in [9.17, 15) is 0 Å². The molecule has 0 fully saturated rings. The number of ether oxygens (including phenoxy) is 1. The second-order valence-corrected chi connectivity index (χ2v) is 5.36. The van der Waals surface area contributed by atoms with Gasteiger partial charge in [0, 0.05) is 11.8 Å². The maximum absolute atomic E-state index is 5.94. The quantitative estimate of drug-likeness (QED) is 0.407. The highest BCUT2D eigenvalue weighted by Gasteiger charge is 2.19. The van der Waals surface area contributed by atoms with E-state index in [1.165, 1.54) is 5.57 Å². The Morgan fingerprint density at radius 3 is 3.12 bits per heavy atom. The lowest BCUT2D eigenvalue weighted by molar-refractivity contribution is -0.00322. The molecule has 0 bridgehead atoms. The average Bonchev–Trinajstić information content (AvgIpc) is 2.29. The van der Waals surface area contributed by atoms with Crippen molar-refractivity contribution in [1.82, 2.24) is 0 Å². The van der Waals surface area contributed by atoms with Crippen molar-refractivity contribution in [3.63, 3.8) is 0 Å². The van der Waals surface area contributed by atoms with Crippen LogP contribution in [0.25, 0.3) is 0 Å². The van der Waals surface area contributed by atoms with Crippen LogP contribution in [-0.4, -0.2) is 17.5 Å². The van der Waals surface area contributed by atoms with E-state index in [-0.39, 0.29) is 6.10 Å². The van der Waals surface area contributed by atoms with Gasteiger partial charge in [0.25, 0.3) is 0 Å². The summed E-state index contributed by atoms with van der Waals surface area (Å²) in [7, 11) is 0. The van der Waals surface area contributed by atoms with Crippen LogP contribution in [0, 0.1) is 18.3 Å². The Labute approximate surface area is 113 Å². The lowest BCUT2D eigenvalue weighted by Gasteiger charge is -2.27. The monoisotopic (exact) mass is 296 g/mol. The zero-order chi connectivity index (χ0) is 12.7. The van der Waals surface area contributed by atoms with Crippen molar-refractivity contribution in [2.75, 3.05) is 5.33 Å². The van der Waals surface area contributed by atoms with Gasteiger partial charge in [-0.15, -0.1) is 12.3 Å². The Kier molecular flexibility index (Phi) is 6.62. The standard InChI is InChI=1S/C15H21BrO/c1-4-6-14-7-5-8-15(17-14)10-12(2)9-13(3)11-16/h1,5,7,12,14-15H,3,6,8-11H2,2H3/t12-,14+,15?/m0/s1. The van der Waals surface area contributed by atoms with E-state index in [2.05, 4.69) is 47.5 Å². The van der Waals surface area contributed by atoms with Crippen LogP contribution in [0.15, 0.2) is 24.3 Å². The molecule has 0 aromatic heterocycles. The van der Waals surface area contributed by atoms with Gasteiger partial charge in [-0.3, -0.25) is 0 Å². The number of hydrogen-bond acceptors (Lipinski definition) is 1. The van der Waals surface area contributed by atoms with Gasteiger partial charge in [0.05, 0.1) is 12.2 Å². The molecule has 94 valence electrons. The largest absolute Gasteiger partial charge is 0.370 e. The molecule has 1 unspecified atom stereocenters. The van der Waals surface area contributed by atoms with Crippen molar-refractivity contribution in [2.45, 2.75) is 44.8 Å². The third-order valence-corrected chi connectivity index (χ3v) is 3.72. The van der Waals surface area contributed by atoms with Gasteiger partial charge in [0.2, 0.25) is 0 Å². The summed E-state index contributed by atoms with van der Waals surface area (Å²) in [5.41, 5.74) is 1.25. The molecule has 2 heteroatoms. The Morgan fingerprint density at radius 1 is 1.71 bits per heavy atom. The molecule has 0 spiro atoms. The van der Waals surface area contributed by atoms with Crippen molar-refractivity contribution >= 4 is 15.9 Å². The summed E-state index contributed by atoms with van der Waals surface area (Å²) in [6.07, 6.45) is 13.8. The molecular formula is C15H21BrO. The highest BCUT2D eigenvalue weighted by molar-refractivity contribution is 9.09. The Bertz CT molecular complexity index is 313. The summed E-state index contributed by atoms with van der Waals surface area (Å²) in [6, 6.07) is 0. The Balaban J connectivity index is 2.35. The van der Waals surface area contributed by atoms with Crippen LogP contribution in [0.2, 0.25) is 0 Å². The van der Waals surface area contributed by atoms with Gasteiger partial charge < -0.3 is 4.74 Å². The first kappa shape index (κ1) is 14.5. The fourth-order valence-electron chi connectivity index (χ4n) is 2.19. The molecule has 17 heavy (non-hydrogen) atoms. The van der Waals surface area contributed by atoms with E-state index in [1.807, 2.05) is 0 Å². The van der Waals surface area contributed by atoms with E-state index in [1.54, 1.807) is 0 Å². The van der Waals surface area contributed by atoms with Crippen molar-refractivity contribution in [3.05, 3.63) is 24.3 Å². The predicted molar refractivity (Wildman–Crippen MR) is 77.2 cm³/mol. The lowest BCUT2D eigenvalue weighted by Crippen LogP contribution is -2.25. The minimum absolute atomic E-state index is 0.116. The molecule has 0 aliphatic carbocycles. The predicted octanol–water partition coefficient (Wildman–Crippen LogP) is 4.09. The first-order valence-electron chi connectivity index (χ1n) is 6.14. The zero-order valence-corrected chi connectivity index (χ0v) is 12.1. The molecular weight excluding hydrogens is 276 g/mol. The third-order valence-electron chi connectivity index (χ3n) is 2.93. The minimum atomic E-state index is 0.116. The smallest absolute Gasteiger partial charge is 0.0868 e. The van der Waals surface area contributed by atoms with E-state index in [0.717, 1.165) is 24.6 Å². The van der Waals surface area contributed by atoms with Crippen molar-refractivity contribution < 1.29 is 4.74 Å². The number of halogens is 1. The van der Waals surface area contributed by atoms with Gasteiger partial charge >= 0.3 is 0 Å². The van der Waals surface area contributed by atoms with Crippen LogP contribution < -0.4 is 0 Å². The Hall–Kier alpha value is -0.520. The minimum Gasteiger partial charge on any atom is -0.370 e. The zero-order valence-electron chi connectivity index (χ0n) is 10.5. The van der Waals surface area contributed by atoms with E-state index >= 15 is 0 Å². The van der Waals surface area contributed by atoms with Crippen LogP contribution in [0.5, 0.6) is 0 Å². The molecule has 1 aliphatic rings. The van der Waals surface area contributed by atoms with E-state index in [0.29, 0.717) is 18.4 Å². The molecule has 0 saturated heterocycles. The van der Waals surface area contributed by atoms with Crippen LogP contribution in [-0.2, 0) is 4.74 Å². The fraction of sp³-hybridized carbons (Fsp3) is 0.600. The first-order chi connectivity index (χ1) is 8.15. The van der Waals surface area contributed by atoms with Gasteiger partial charge in [-0.05, 0) is 25.2 Å². The maximum Gasteiger partial charge on any atom is 0.0868 e. The molecule has 0 N–H and O–H groups in total. The molecule has 1 nitrogen and oxygen atoms in total. The van der Waals surface area contributed by atoms with Crippen molar-refractivity contribution in [3.8, 4) is 12.3 Å². The molecule has 1 rings (SSSR count). The van der Waals surface area contributed by atoms with Crippen molar-refractivity contribution in [1.29, 1.82) is 0 Å². The maximum atomic E-state index is 5.94. The lowest BCUT2D eigenvalue weighted by atomic mass is 9.94. The summed E-state index contributed by atoms with van der Waals surface area (Å²) in [4.78, 5) is 0. The number of terminal acetylenes is 1. The number of alkyl halides is 1. The normalized spacial score (nSPS) is 25.2. The molecule has 3 atom stereocenters. The molecule has 0 aromatic rings. The number of hydrogen-bond donors (Lipinski definition) is 0. The molecule has 0 radical (unpaired) electrons. The molecule has 0 aromatic carbocycles. The SMILES string of the molecule is C#CC[C@@H]1C=CCC(C[C@@H](C)CC(=C)CBr)O1. The van der Waals surface area contributed by atoms with E-state index in [4.69, 9.17) is 11.2 Å². The molecule has 0 saturated carbocycles. The second-order valence-electron chi connectivity index (χ2n) is 4.80. The van der Waals surface area contributed by atoms with Gasteiger partial charge in [-0.2, -0.15) is 0 Å². The highest BCUT2D eigenvalue weighted by Crippen LogP contribution is 2.24. The molecule has 1 heterocycles. The summed E-state index contributed by atoms with van der Waals surface area (Å²) in [5, 5.41) is 0.891. The number of rotatable bonds is 6. The highest BCUT2D eigenvalue weighted by atomic mass is 79.9. The average molecular weight is 297 g/mol.